The molecule has 0 aliphatic carbocycles. The van der Waals surface area contributed by atoms with Gasteiger partial charge in [-0.1, -0.05) is 6.07 Å². The number of rotatable bonds is 2. The molecular weight excluding hydrogens is 176 g/mol. The Morgan fingerprint density at radius 1 is 1.29 bits per heavy atom. The summed E-state index contributed by atoms with van der Waals surface area (Å²) in [6, 6.07) is 5.44. The number of pyridine rings is 1. The molecule has 0 aliphatic rings. The SMILES string of the molecule is Cn1ccnc1C(N)c1ccccn1. The first-order valence-corrected chi connectivity index (χ1v) is 4.43. The van der Waals surface area contributed by atoms with Crippen LogP contribution in [0.3, 0.4) is 0 Å². The zero-order valence-corrected chi connectivity index (χ0v) is 7.96. The molecule has 1 unspecified atom stereocenters. The summed E-state index contributed by atoms with van der Waals surface area (Å²) in [5.74, 6) is 0.823. The lowest BCUT2D eigenvalue weighted by Crippen LogP contribution is -2.17. The molecule has 14 heavy (non-hydrogen) atoms. The van der Waals surface area contributed by atoms with E-state index in [0.29, 0.717) is 0 Å². The summed E-state index contributed by atoms with van der Waals surface area (Å²) in [6.45, 7) is 0. The molecule has 2 rings (SSSR count). The summed E-state index contributed by atoms with van der Waals surface area (Å²) in [7, 11) is 1.92. The standard InChI is InChI=1S/C10H12N4/c1-14-7-6-13-10(14)9(11)8-4-2-3-5-12-8/h2-7,9H,11H2,1H3. The summed E-state index contributed by atoms with van der Waals surface area (Å²) in [6.07, 6.45) is 5.34. The number of aryl methyl sites for hydroxylation is 1. The molecule has 2 heterocycles. The van der Waals surface area contributed by atoms with Gasteiger partial charge in [-0.2, -0.15) is 0 Å². The van der Waals surface area contributed by atoms with Crippen molar-refractivity contribution in [1.82, 2.24) is 14.5 Å². The Bertz CT molecular complexity index is 407. The second-order valence-electron chi connectivity index (χ2n) is 3.13. The van der Waals surface area contributed by atoms with E-state index in [4.69, 9.17) is 5.73 Å². The molecule has 0 aliphatic heterocycles. The van der Waals surface area contributed by atoms with E-state index >= 15 is 0 Å². The third-order valence-electron chi connectivity index (χ3n) is 2.14. The topological polar surface area (TPSA) is 56.7 Å². The van der Waals surface area contributed by atoms with Crippen LogP contribution in [0.4, 0.5) is 0 Å². The summed E-state index contributed by atoms with van der Waals surface area (Å²) >= 11 is 0. The minimum Gasteiger partial charge on any atom is -0.336 e. The van der Waals surface area contributed by atoms with Gasteiger partial charge < -0.3 is 10.3 Å². The van der Waals surface area contributed by atoms with Gasteiger partial charge in [0.1, 0.15) is 11.9 Å². The maximum atomic E-state index is 6.02. The first-order valence-electron chi connectivity index (χ1n) is 4.43. The van der Waals surface area contributed by atoms with Gasteiger partial charge in [-0.15, -0.1) is 0 Å². The lowest BCUT2D eigenvalue weighted by molar-refractivity contribution is 0.700. The van der Waals surface area contributed by atoms with Crippen molar-refractivity contribution < 1.29 is 0 Å². The van der Waals surface area contributed by atoms with Crippen LogP contribution in [0, 0.1) is 0 Å². The lowest BCUT2D eigenvalue weighted by atomic mass is 10.2. The van der Waals surface area contributed by atoms with Crippen LogP contribution in [-0.2, 0) is 7.05 Å². The molecule has 0 amide bonds. The molecule has 0 saturated heterocycles. The van der Waals surface area contributed by atoms with Crippen molar-refractivity contribution in [2.45, 2.75) is 6.04 Å². The van der Waals surface area contributed by atoms with Crippen molar-refractivity contribution in [3.05, 3.63) is 48.3 Å². The van der Waals surface area contributed by atoms with Crippen LogP contribution in [0.25, 0.3) is 0 Å². The highest BCUT2D eigenvalue weighted by Crippen LogP contribution is 2.14. The highest BCUT2D eigenvalue weighted by Gasteiger charge is 2.13. The van der Waals surface area contributed by atoms with Crippen LogP contribution < -0.4 is 5.73 Å². The number of nitrogens with two attached hydrogens (primary N) is 1. The van der Waals surface area contributed by atoms with Crippen molar-refractivity contribution in [3.8, 4) is 0 Å². The maximum Gasteiger partial charge on any atom is 0.131 e. The Labute approximate surface area is 82.4 Å². The fourth-order valence-corrected chi connectivity index (χ4v) is 1.37. The predicted molar refractivity (Wildman–Crippen MR) is 53.5 cm³/mol. The predicted octanol–water partition coefficient (Wildman–Crippen LogP) is 0.863. The van der Waals surface area contributed by atoms with Gasteiger partial charge in [0.15, 0.2) is 0 Å². The number of aromatic nitrogens is 3. The Hall–Kier alpha value is -1.68. The molecule has 0 fully saturated rings. The number of hydrogen-bond donors (Lipinski definition) is 1. The van der Waals surface area contributed by atoms with Gasteiger partial charge in [-0.3, -0.25) is 4.98 Å². The second kappa shape index (κ2) is 3.59. The van der Waals surface area contributed by atoms with Crippen LogP contribution in [-0.4, -0.2) is 14.5 Å². The highest BCUT2D eigenvalue weighted by molar-refractivity contribution is 5.16. The van der Waals surface area contributed by atoms with Crippen molar-refractivity contribution in [2.24, 2.45) is 12.8 Å². The Morgan fingerprint density at radius 3 is 2.71 bits per heavy atom. The van der Waals surface area contributed by atoms with Gasteiger partial charge in [0.05, 0.1) is 5.69 Å². The zero-order valence-electron chi connectivity index (χ0n) is 7.96. The van der Waals surface area contributed by atoms with Crippen LogP contribution in [0.5, 0.6) is 0 Å². The smallest absolute Gasteiger partial charge is 0.131 e. The zero-order chi connectivity index (χ0) is 9.97. The van der Waals surface area contributed by atoms with E-state index in [0.717, 1.165) is 11.5 Å². The molecule has 4 heteroatoms. The van der Waals surface area contributed by atoms with E-state index in [1.807, 2.05) is 36.0 Å². The summed E-state index contributed by atoms with van der Waals surface area (Å²) < 4.78 is 1.90. The van der Waals surface area contributed by atoms with Crippen molar-refractivity contribution in [2.75, 3.05) is 0 Å². The van der Waals surface area contributed by atoms with Crippen LogP contribution in [0.2, 0.25) is 0 Å². The van der Waals surface area contributed by atoms with Gasteiger partial charge >= 0.3 is 0 Å². The molecule has 2 aromatic heterocycles. The van der Waals surface area contributed by atoms with Gasteiger partial charge in [0.2, 0.25) is 0 Å². The molecular formula is C10H12N4. The minimum absolute atomic E-state index is 0.254. The van der Waals surface area contributed by atoms with E-state index in [9.17, 15) is 0 Å². The van der Waals surface area contributed by atoms with E-state index in [1.54, 1.807) is 12.4 Å². The molecule has 1 atom stereocenters. The quantitative estimate of drug-likeness (QED) is 0.760. The number of imidazole rings is 1. The van der Waals surface area contributed by atoms with E-state index in [-0.39, 0.29) is 6.04 Å². The molecule has 0 saturated carbocycles. The van der Waals surface area contributed by atoms with Crippen LogP contribution in [0.1, 0.15) is 17.6 Å². The average Bonchev–Trinajstić information content (AvgIpc) is 2.65. The second-order valence-corrected chi connectivity index (χ2v) is 3.13. The molecule has 72 valence electrons. The van der Waals surface area contributed by atoms with E-state index < -0.39 is 0 Å². The third-order valence-corrected chi connectivity index (χ3v) is 2.14. The Balaban J connectivity index is 2.34. The first-order chi connectivity index (χ1) is 6.79. The third kappa shape index (κ3) is 1.52. The molecule has 0 aromatic carbocycles. The fourth-order valence-electron chi connectivity index (χ4n) is 1.37. The summed E-state index contributed by atoms with van der Waals surface area (Å²) in [4.78, 5) is 8.39. The molecule has 4 nitrogen and oxygen atoms in total. The largest absolute Gasteiger partial charge is 0.336 e. The maximum absolute atomic E-state index is 6.02. The van der Waals surface area contributed by atoms with Crippen LogP contribution >= 0.6 is 0 Å². The van der Waals surface area contributed by atoms with Crippen molar-refractivity contribution in [1.29, 1.82) is 0 Å². The Morgan fingerprint density at radius 2 is 2.14 bits per heavy atom. The molecule has 2 aromatic rings. The molecule has 0 spiro atoms. The van der Waals surface area contributed by atoms with Gasteiger partial charge in [0.25, 0.3) is 0 Å². The fraction of sp³-hybridized carbons (Fsp3) is 0.200. The normalized spacial score (nSPS) is 12.7. The first kappa shape index (κ1) is 8.90. The monoisotopic (exact) mass is 188 g/mol. The van der Waals surface area contributed by atoms with Gasteiger partial charge in [-0.25, -0.2) is 4.98 Å². The summed E-state index contributed by atoms with van der Waals surface area (Å²) in [5.41, 5.74) is 6.85. The highest BCUT2D eigenvalue weighted by atomic mass is 15.1. The lowest BCUT2D eigenvalue weighted by Gasteiger charge is -2.10. The molecule has 0 bridgehead atoms. The van der Waals surface area contributed by atoms with Crippen molar-refractivity contribution >= 4 is 0 Å². The minimum atomic E-state index is -0.254. The average molecular weight is 188 g/mol. The molecule has 0 radical (unpaired) electrons. The number of nitrogens with zero attached hydrogens (tertiary/aromatic N) is 3. The van der Waals surface area contributed by atoms with Crippen LogP contribution in [0.15, 0.2) is 36.8 Å². The van der Waals surface area contributed by atoms with Crippen molar-refractivity contribution in [3.63, 3.8) is 0 Å². The summed E-state index contributed by atoms with van der Waals surface area (Å²) in [5, 5.41) is 0. The van der Waals surface area contributed by atoms with E-state index in [1.165, 1.54) is 0 Å². The van der Waals surface area contributed by atoms with Gasteiger partial charge in [0, 0.05) is 25.6 Å². The Kier molecular flexibility index (Phi) is 2.28. The van der Waals surface area contributed by atoms with E-state index in [2.05, 4.69) is 9.97 Å². The molecule has 2 N–H and O–H groups in total. The van der Waals surface area contributed by atoms with Gasteiger partial charge in [-0.05, 0) is 12.1 Å². The number of hydrogen-bond acceptors (Lipinski definition) is 3.